The normalized spacial score (nSPS) is 10.2. The zero-order valence-corrected chi connectivity index (χ0v) is 14.7. The lowest BCUT2D eigenvalue weighted by Gasteiger charge is -2.19. The molecule has 0 spiro atoms. The zero-order valence-electron chi connectivity index (χ0n) is 13.9. The van der Waals surface area contributed by atoms with E-state index in [0.717, 1.165) is 0 Å². The predicted octanol–water partition coefficient (Wildman–Crippen LogP) is 3.51. The van der Waals surface area contributed by atoms with Gasteiger partial charge in [-0.2, -0.15) is 0 Å². The minimum Gasteiger partial charge on any atom is -0.497 e. The van der Waals surface area contributed by atoms with E-state index < -0.39 is 0 Å². The lowest BCUT2D eigenvalue weighted by Crippen LogP contribution is -2.31. The van der Waals surface area contributed by atoms with Gasteiger partial charge in [0.25, 0.3) is 5.91 Å². The summed E-state index contributed by atoms with van der Waals surface area (Å²) in [5.74, 6) is 1.61. The smallest absolute Gasteiger partial charge is 0.257 e. The summed E-state index contributed by atoms with van der Waals surface area (Å²) in [5, 5.41) is 0.609. The van der Waals surface area contributed by atoms with Crippen molar-refractivity contribution in [3.63, 3.8) is 0 Å². The number of likely N-dealkylation sites (N-methyl/N-ethyl adjacent to an activating group) is 1. The Bertz CT molecular complexity index is 705. The Labute approximate surface area is 146 Å². The fourth-order valence-electron chi connectivity index (χ4n) is 2.15. The second kappa shape index (κ2) is 8.45. The molecule has 0 aromatic heterocycles. The van der Waals surface area contributed by atoms with Gasteiger partial charge in [0.2, 0.25) is 0 Å². The molecule has 128 valence electrons. The minimum absolute atomic E-state index is 0.166. The highest BCUT2D eigenvalue weighted by Crippen LogP contribution is 2.25. The van der Waals surface area contributed by atoms with Crippen LogP contribution in [0.5, 0.6) is 17.2 Å². The number of carbonyl (C=O) groups excluding carboxylic acids is 1. The molecule has 2 aromatic carbocycles. The summed E-state index contributed by atoms with van der Waals surface area (Å²) in [7, 11) is 4.79. The largest absolute Gasteiger partial charge is 0.497 e. The van der Waals surface area contributed by atoms with E-state index in [0.29, 0.717) is 41.0 Å². The molecule has 0 N–H and O–H groups in total. The van der Waals surface area contributed by atoms with Gasteiger partial charge in [-0.15, -0.1) is 0 Å². The van der Waals surface area contributed by atoms with E-state index in [9.17, 15) is 4.79 Å². The number of nitrogens with zero attached hydrogens (tertiary/aromatic N) is 1. The summed E-state index contributed by atoms with van der Waals surface area (Å²) in [6.45, 7) is 0.778. The molecular weight excluding hydrogens is 330 g/mol. The molecule has 6 heteroatoms. The number of ether oxygens (including phenoxy) is 3. The molecule has 0 saturated carbocycles. The van der Waals surface area contributed by atoms with Crippen LogP contribution in [-0.4, -0.2) is 45.2 Å². The molecule has 0 fully saturated rings. The van der Waals surface area contributed by atoms with Gasteiger partial charge in [0, 0.05) is 12.1 Å². The Kier molecular flexibility index (Phi) is 6.32. The van der Waals surface area contributed by atoms with Crippen molar-refractivity contribution in [3.05, 3.63) is 53.1 Å². The van der Waals surface area contributed by atoms with Crippen molar-refractivity contribution in [2.45, 2.75) is 0 Å². The van der Waals surface area contributed by atoms with Crippen LogP contribution in [0, 0.1) is 0 Å². The van der Waals surface area contributed by atoms with Gasteiger partial charge in [0.05, 0.1) is 26.3 Å². The fraction of sp³-hybridized carbons (Fsp3) is 0.278. The topological polar surface area (TPSA) is 48.0 Å². The third-order valence-electron chi connectivity index (χ3n) is 3.48. The molecule has 0 bridgehead atoms. The molecule has 0 aliphatic rings. The average Bonchev–Trinajstić information content (AvgIpc) is 2.60. The van der Waals surface area contributed by atoms with Gasteiger partial charge in [-0.25, -0.2) is 0 Å². The fourth-order valence-corrected chi connectivity index (χ4v) is 2.33. The predicted molar refractivity (Wildman–Crippen MR) is 93.5 cm³/mol. The highest BCUT2D eigenvalue weighted by atomic mass is 35.5. The van der Waals surface area contributed by atoms with E-state index in [1.165, 1.54) is 7.11 Å². The van der Waals surface area contributed by atoms with E-state index in [1.807, 2.05) is 12.1 Å². The summed E-state index contributed by atoms with van der Waals surface area (Å²) in [6.07, 6.45) is 0. The summed E-state index contributed by atoms with van der Waals surface area (Å²) in [4.78, 5) is 14.2. The zero-order chi connectivity index (χ0) is 17.5. The van der Waals surface area contributed by atoms with Gasteiger partial charge in [0.15, 0.2) is 0 Å². The van der Waals surface area contributed by atoms with Gasteiger partial charge in [-0.3, -0.25) is 4.79 Å². The third kappa shape index (κ3) is 4.55. The Balaban J connectivity index is 1.99. The maximum atomic E-state index is 12.6. The van der Waals surface area contributed by atoms with Crippen LogP contribution in [0.15, 0.2) is 42.5 Å². The summed E-state index contributed by atoms with van der Waals surface area (Å²) in [5.41, 5.74) is 0.446. The monoisotopic (exact) mass is 349 g/mol. The molecule has 2 aromatic rings. The third-order valence-corrected chi connectivity index (χ3v) is 3.71. The summed E-state index contributed by atoms with van der Waals surface area (Å²) >= 11 is 5.91. The van der Waals surface area contributed by atoms with Crippen molar-refractivity contribution in [1.29, 1.82) is 0 Å². The van der Waals surface area contributed by atoms with Crippen LogP contribution in [0.3, 0.4) is 0 Å². The maximum Gasteiger partial charge on any atom is 0.257 e. The number of carbonyl (C=O) groups is 1. The van der Waals surface area contributed by atoms with Crippen molar-refractivity contribution >= 4 is 17.5 Å². The molecule has 5 nitrogen and oxygen atoms in total. The lowest BCUT2D eigenvalue weighted by molar-refractivity contribution is 0.0770. The Morgan fingerprint density at radius 3 is 2.54 bits per heavy atom. The van der Waals surface area contributed by atoms with Crippen molar-refractivity contribution in [2.75, 3.05) is 34.4 Å². The Morgan fingerprint density at radius 2 is 1.88 bits per heavy atom. The van der Waals surface area contributed by atoms with Gasteiger partial charge >= 0.3 is 0 Å². The molecule has 0 saturated heterocycles. The van der Waals surface area contributed by atoms with Crippen LogP contribution >= 0.6 is 11.6 Å². The minimum atomic E-state index is -0.166. The molecule has 0 heterocycles. The molecule has 0 atom stereocenters. The molecule has 0 unspecified atom stereocenters. The number of rotatable bonds is 7. The first-order chi connectivity index (χ1) is 11.5. The molecule has 2 rings (SSSR count). The first-order valence-electron chi connectivity index (χ1n) is 7.41. The number of halogens is 1. The van der Waals surface area contributed by atoms with E-state index in [4.69, 9.17) is 25.8 Å². The molecule has 0 aliphatic heterocycles. The number of benzene rings is 2. The number of hydrogen-bond donors (Lipinski definition) is 0. The van der Waals surface area contributed by atoms with E-state index in [2.05, 4.69) is 0 Å². The van der Waals surface area contributed by atoms with Crippen molar-refractivity contribution in [2.24, 2.45) is 0 Å². The van der Waals surface area contributed by atoms with Crippen molar-refractivity contribution < 1.29 is 19.0 Å². The van der Waals surface area contributed by atoms with Gasteiger partial charge in [-0.1, -0.05) is 17.7 Å². The number of methoxy groups -OCH3 is 2. The summed E-state index contributed by atoms with van der Waals surface area (Å²) in [6, 6.07) is 12.3. The molecule has 1 amide bonds. The van der Waals surface area contributed by atoms with Crippen molar-refractivity contribution in [3.8, 4) is 17.2 Å². The quantitative estimate of drug-likeness (QED) is 0.767. The first kappa shape index (κ1) is 17.9. The van der Waals surface area contributed by atoms with Crippen LogP contribution in [-0.2, 0) is 0 Å². The van der Waals surface area contributed by atoms with E-state index in [1.54, 1.807) is 49.4 Å². The van der Waals surface area contributed by atoms with Crippen molar-refractivity contribution in [1.82, 2.24) is 4.90 Å². The SMILES string of the molecule is COc1ccc(OC)c(C(=O)N(C)CCOc2cccc(Cl)c2)c1. The van der Waals surface area contributed by atoms with Crippen LogP contribution in [0.25, 0.3) is 0 Å². The molecule has 0 aliphatic carbocycles. The maximum absolute atomic E-state index is 12.6. The van der Waals surface area contributed by atoms with E-state index in [-0.39, 0.29) is 5.91 Å². The second-order valence-electron chi connectivity index (χ2n) is 5.10. The summed E-state index contributed by atoms with van der Waals surface area (Å²) < 4.78 is 16.0. The van der Waals surface area contributed by atoms with Crippen LogP contribution < -0.4 is 14.2 Å². The highest BCUT2D eigenvalue weighted by Gasteiger charge is 2.17. The average molecular weight is 350 g/mol. The van der Waals surface area contributed by atoms with Gasteiger partial charge in [0.1, 0.15) is 23.9 Å². The lowest BCUT2D eigenvalue weighted by atomic mass is 10.1. The number of amides is 1. The molecule has 24 heavy (non-hydrogen) atoms. The van der Waals surface area contributed by atoms with E-state index >= 15 is 0 Å². The highest BCUT2D eigenvalue weighted by molar-refractivity contribution is 6.30. The standard InChI is InChI=1S/C18H20ClNO4/c1-20(9-10-24-15-6-4-5-13(19)11-15)18(21)16-12-14(22-2)7-8-17(16)23-3/h4-8,11-12H,9-10H2,1-3H3. The first-order valence-corrected chi connectivity index (χ1v) is 7.79. The van der Waals surface area contributed by atoms with Crippen LogP contribution in [0.1, 0.15) is 10.4 Å². The van der Waals surface area contributed by atoms with Crippen LogP contribution in [0.4, 0.5) is 0 Å². The van der Waals surface area contributed by atoms with Crippen LogP contribution in [0.2, 0.25) is 5.02 Å². The Hall–Kier alpha value is -2.40. The molecule has 0 radical (unpaired) electrons. The Morgan fingerprint density at radius 1 is 1.08 bits per heavy atom. The molecular formula is C18H20ClNO4. The number of hydrogen-bond acceptors (Lipinski definition) is 4. The van der Waals surface area contributed by atoms with Gasteiger partial charge < -0.3 is 19.1 Å². The second-order valence-corrected chi connectivity index (χ2v) is 5.54. The van der Waals surface area contributed by atoms with Gasteiger partial charge in [-0.05, 0) is 36.4 Å².